The zero-order chi connectivity index (χ0) is 16.7. The second-order valence-electron chi connectivity index (χ2n) is 5.46. The minimum atomic E-state index is -0.320. The predicted octanol–water partition coefficient (Wildman–Crippen LogP) is 5.55. The number of para-hydroxylation sites is 1. The van der Waals surface area contributed by atoms with Crippen LogP contribution in [0.2, 0.25) is 5.02 Å². The van der Waals surface area contributed by atoms with Crippen LogP contribution in [-0.2, 0) is 0 Å². The number of rotatable bonds is 1. The molecule has 0 unspecified atom stereocenters. The molecule has 0 amide bonds. The van der Waals surface area contributed by atoms with Crippen molar-refractivity contribution in [1.29, 1.82) is 0 Å². The van der Waals surface area contributed by atoms with Crippen LogP contribution in [0.25, 0.3) is 33.1 Å². The fourth-order valence-electron chi connectivity index (χ4n) is 2.90. The Morgan fingerprint density at radius 2 is 2.04 bits per heavy atom. The van der Waals surface area contributed by atoms with E-state index in [1.54, 1.807) is 6.92 Å². The van der Waals surface area contributed by atoms with Crippen LogP contribution in [0.15, 0.2) is 48.7 Å². The van der Waals surface area contributed by atoms with E-state index in [-0.39, 0.29) is 5.82 Å². The highest BCUT2D eigenvalue weighted by Gasteiger charge is 2.12. The summed E-state index contributed by atoms with van der Waals surface area (Å²) < 4.78 is 14.0. The second kappa shape index (κ2) is 5.67. The van der Waals surface area contributed by atoms with Crippen LogP contribution in [0.5, 0.6) is 0 Å². The van der Waals surface area contributed by atoms with Gasteiger partial charge < -0.3 is 4.98 Å². The van der Waals surface area contributed by atoms with Crippen LogP contribution in [0.1, 0.15) is 12.5 Å². The molecule has 0 aliphatic heterocycles. The standard InChI is InChI=1S/C20H12ClFN2/c1-2-4-13-9-14(22)10-15-16(11-23-19(13)15)18-8-7-12-5-3-6-17(21)20(12)24-18/h3,5-11,23H,1H3. The lowest BCUT2D eigenvalue weighted by Gasteiger charge is -2.04. The molecule has 0 saturated carbocycles. The topological polar surface area (TPSA) is 28.7 Å². The van der Waals surface area contributed by atoms with Gasteiger partial charge >= 0.3 is 0 Å². The highest BCUT2D eigenvalue weighted by atomic mass is 35.5. The molecule has 2 heterocycles. The van der Waals surface area contributed by atoms with Gasteiger partial charge in [-0.1, -0.05) is 35.7 Å². The van der Waals surface area contributed by atoms with E-state index in [4.69, 9.17) is 11.6 Å². The van der Waals surface area contributed by atoms with Crippen LogP contribution in [0.4, 0.5) is 4.39 Å². The molecule has 1 N–H and O–H groups in total. The summed E-state index contributed by atoms with van der Waals surface area (Å²) in [6.45, 7) is 1.73. The molecule has 0 radical (unpaired) electrons. The fourth-order valence-corrected chi connectivity index (χ4v) is 3.13. The quantitative estimate of drug-likeness (QED) is 0.454. The van der Waals surface area contributed by atoms with Gasteiger partial charge in [0.15, 0.2) is 0 Å². The minimum absolute atomic E-state index is 0.320. The summed E-state index contributed by atoms with van der Waals surface area (Å²) in [5.41, 5.74) is 3.74. The number of aromatic amines is 1. The van der Waals surface area contributed by atoms with Crippen molar-refractivity contribution in [3.8, 4) is 23.1 Å². The molecular formula is C20H12ClFN2. The lowest BCUT2D eigenvalue weighted by atomic mass is 10.1. The Kier molecular flexibility index (Phi) is 3.48. The third-order valence-electron chi connectivity index (χ3n) is 3.96. The van der Waals surface area contributed by atoms with Crippen molar-refractivity contribution >= 4 is 33.4 Å². The van der Waals surface area contributed by atoms with E-state index in [1.165, 1.54) is 12.1 Å². The molecule has 4 heteroatoms. The van der Waals surface area contributed by atoms with Crippen molar-refractivity contribution in [3.63, 3.8) is 0 Å². The molecule has 0 spiro atoms. The number of nitrogens with zero attached hydrogens (tertiary/aromatic N) is 1. The van der Waals surface area contributed by atoms with Crippen LogP contribution < -0.4 is 0 Å². The molecule has 24 heavy (non-hydrogen) atoms. The Morgan fingerprint density at radius 3 is 2.88 bits per heavy atom. The Bertz CT molecular complexity index is 1150. The molecule has 0 fully saturated rings. The van der Waals surface area contributed by atoms with Crippen molar-refractivity contribution in [1.82, 2.24) is 9.97 Å². The van der Waals surface area contributed by atoms with Gasteiger partial charge in [-0.05, 0) is 31.2 Å². The van der Waals surface area contributed by atoms with Gasteiger partial charge in [-0.15, -0.1) is 5.92 Å². The molecule has 4 aromatic rings. The maximum Gasteiger partial charge on any atom is 0.125 e. The lowest BCUT2D eigenvalue weighted by molar-refractivity contribution is 0.629. The molecule has 0 bridgehead atoms. The molecule has 2 nitrogen and oxygen atoms in total. The number of benzene rings is 2. The summed E-state index contributed by atoms with van der Waals surface area (Å²) in [6.07, 6.45) is 1.83. The normalized spacial score (nSPS) is 10.8. The molecule has 4 rings (SSSR count). The van der Waals surface area contributed by atoms with Gasteiger partial charge in [-0.25, -0.2) is 9.37 Å². The van der Waals surface area contributed by atoms with Crippen molar-refractivity contribution < 1.29 is 4.39 Å². The zero-order valence-corrected chi connectivity index (χ0v) is 13.6. The van der Waals surface area contributed by atoms with E-state index in [2.05, 4.69) is 21.8 Å². The first-order chi connectivity index (χ1) is 11.7. The van der Waals surface area contributed by atoms with E-state index < -0.39 is 0 Å². The molecule has 0 atom stereocenters. The van der Waals surface area contributed by atoms with Crippen LogP contribution >= 0.6 is 11.6 Å². The average Bonchev–Trinajstić information content (AvgIpc) is 2.99. The van der Waals surface area contributed by atoms with Crippen LogP contribution in [-0.4, -0.2) is 9.97 Å². The number of hydrogen-bond donors (Lipinski definition) is 1. The number of fused-ring (bicyclic) bond motifs is 2. The van der Waals surface area contributed by atoms with Crippen molar-refractivity contribution in [2.24, 2.45) is 0 Å². The first kappa shape index (κ1) is 14.7. The van der Waals surface area contributed by atoms with Gasteiger partial charge in [0, 0.05) is 22.5 Å². The number of aromatic nitrogens is 2. The second-order valence-corrected chi connectivity index (χ2v) is 5.87. The first-order valence-electron chi connectivity index (χ1n) is 7.46. The van der Waals surface area contributed by atoms with Gasteiger partial charge in [0.05, 0.1) is 27.3 Å². The number of hydrogen-bond acceptors (Lipinski definition) is 1. The van der Waals surface area contributed by atoms with Crippen LogP contribution in [0, 0.1) is 17.7 Å². The van der Waals surface area contributed by atoms with Crippen molar-refractivity contribution in [2.45, 2.75) is 6.92 Å². The fraction of sp³-hybridized carbons (Fsp3) is 0.0500. The summed E-state index contributed by atoms with van der Waals surface area (Å²) >= 11 is 6.25. The summed E-state index contributed by atoms with van der Waals surface area (Å²) in [5.74, 6) is 5.43. The van der Waals surface area contributed by atoms with Crippen LogP contribution in [0.3, 0.4) is 0 Å². The molecule has 0 aliphatic rings. The highest BCUT2D eigenvalue weighted by molar-refractivity contribution is 6.35. The van der Waals surface area contributed by atoms with Gasteiger partial charge in [0.2, 0.25) is 0 Å². The first-order valence-corrected chi connectivity index (χ1v) is 7.84. The zero-order valence-electron chi connectivity index (χ0n) is 12.8. The Balaban J connectivity index is 2.00. The summed E-state index contributed by atoms with van der Waals surface area (Å²) in [7, 11) is 0. The van der Waals surface area contributed by atoms with E-state index in [0.717, 1.165) is 33.1 Å². The van der Waals surface area contributed by atoms with E-state index in [0.29, 0.717) is 10.6 Å². The number of halogens is 2. The van der Waals surface area contributed by atoms with E-state index in [1.807, 2.05) is 36.5 Å². The number of H-pyrrole nitrogens is 1. The number of nitrogens with one attached hydrogen (secondary N) is 1. The molecule has 0 aliphatic carbocycles. The van der Waals surface area contributed by atoms with Crippen molar-refractivity contribution in [3.05, 3.63) is 65.1 Å². The predicted molar refractivity (Wildman–Crippen MR) is 96.6 cm³/mol. The molecule has 0 saturated heterocycles. The SMILES string of the molecule is CC#Cc1cc(F)cc2c(-c3ccc4cccc(Cl)c4n3)c[nH]c12. The Hall–Kier alpha value is -2.83. The monoisotopic (exact) mass is 334 g/mol. The Labute approximate surface area is 143 Å². The smallest absolute Gasteiger partial charge is 0.125 e. The molecule has 116 valence electrons. The summed E-state index contributed by atoms with van der Waals surface area (Å²) in [4.78, 5) is 7.85. The maximum atomic E-state index is 14.0. The highest BCUT2D eigenvalue weighted by Crippen LogP contribution is 2.32. The van der Waals surface area contributed by atoms with E-state index in [9.17, 15) is 4.39 Å². The molecule has 2 aromatic heterocycles. The van der Waals surface area contributed by atoms with Gasteiger partial charge in [-0.2, -0.15) is 0 Å². The largest absolute Gasteiger partial charge is 0.359 e. The third kappa shape index (κ3) is 2.33. The minimum Gasteiger partial charge on any atom is -0.359 e. The van der Waals surface area contributed by atoms with Gasteiger partial charge in [0.1, 0.15) is 5.82 Å². The van der Waals surface area contributed by atoms with E-state index >= 15 is 0 Å². The third-order valence-corrected chi connectivity index (χ3v) is 4.27. The summed E-state index contributed by atoms with van der Waals surface area (Å²) in [5, 5.41) is 2.32. The van der Waals surface area contributed by atoms with Crippen molar-refractivity contribution in [2.75, 3.05) is 0 Å². The number of pyridine rings is 1. The van der Waals surface area contributed by atoms with Gasteiger partial charge in [-0.3, -0.25) is 0 Å². The maximum absolute atomic E-state index is 14.0. The Morgan fingerprint density at radius 1 is 1.17 bits per heavy atom. The summed E-state index contributed by atoms with van der Waals surface area (Å²) in [6, 6.07) is 12.5. The van der Waals surface area contributed by atoms with Gasteiger partial charge in [0.25, 0.3) is 0 Å². The average molecular weight is 335 g/mol. The lowest BCUT2D eigenvalue weighted by Crippen LogP contribution is -1.86. The molecular weight excluding hydrogens is 323 g/mol. The molecule has 2 aromatic carbocycles.